The van der Waals surface area contributed by atoms with E-state index >= 15 is 0 Å². The third-order valence-corrected chi connectivity index (χ3v) is 6.53. The summed E-state index contributed by atoms with van der Waals surface area (Å²) in [5.41, 5.74) is 0.653. The van der Waals surface area contributed by atoms with Crippen LogP contribution in [-0.2, 0) is 6.54 Å². The van der Waals surface area contributed by atoms with Gasteiger partial charge in [-0.1, -0.05) is 41.9 Å². The van der Waals surface area contributed by atoms with E-state index in [1.807, 2.05) is 47.4 Å². The van der Waals surface area contributed by atoms with Gasteiger partial charge in [-0.15, -0.1) is 5.10 Å². The third-order valence-electron chi connectivity index (χ3n) is 6.24. The number of hydrogen-bond donors (Lipinski definition) is 2. The van der Waals surface area contributed by atoms with Gasteiger partial charge in [-0.2, -0.15) is 10.4 Å². The van der Waals surface area contributed by atoms with Crippen LogP contribution in [0.15, 0.2) is 48.7 Å². The number of hydrogen-bond acceptors (Lipinski definition) is 7. The molecule has 0 aliphatic carbocycles. The molecule has 2 atom stereocenters. The van der Waals surface area contributed by atoms with Crippen LogP contribution in [0, 0.1) is 11.3 Å². The maximum Gasteiger partial charge on any atom is 0.160 e. The van der Waals surface area contributed by atoms with Crippen LogP contribution in [0.5, 0.6) is 5.75 Å². The van der Waals surface area contributed by atoms with E-state index in [-0.39, 0.29) is 18.2 Å². The van der Waals surface area contributed by atoms with E-state index in [0.29, 0.717) is 36.7 Å². The fraction of sp³-hybridized carbons (Fsp3) is 0.375. The van der Waals surface area contributed by atoms with Crippen molar-refractivity contribution >= 4 is 28.2 Å². The number of nitrogens with zero attached hydrogens (tertiary/aromatic N) is 4. The number of anilines is 1. The number of ether oxygens (including phenoxy) is 1. The van der Waals surface area contributed by atoms with Crippen LogP contribution in [-0.4, -0.2) is 47.1 Å². The van der Waals surface area contributed by atoms with Gasteiger partial charge in [0.1, 0.15) is 11.8 Å². The quantitative estimate of drug-likeness (QED) is 0.565. The number of rotatable bonds is 7. The van der Waals surface area contributed by atoms with Gasteiger partial charge in [0.25, 0.3) is 0 Å². The topological polar surface area (TPSA) is 94.3 Å². The molecule has 0 radical (unpaired) electrons. The molecule has 1 aliphatic rings. The van der Waals surface area contributed by atoms with Gasteiger partial charge < -0.3 is 20.1 Å². The highest BCUT2D eigenvalue weighted by molar-refractivity contribution is 6.32. The highest BCUT2D eigenvalue weighted by atomic mass is 35.5. The molecular formula is C24H26ClN5O2. The largest absolute Gasteiger partial charge is 0.495 e. The summed E-state index contributed by atoms with van der Waals surface area (Å²) in [6.45, 7) is 1.26. The first-order valence-corrected chi connectivity index (χ1v) is 11.0. The van der Waals surface area contributed by atoms with Crippen molar-refractivity contribution in [2.45, 2.75) is 37.4 Å². The summed E-state index contributed by atoms with van der Waals surface area (Å²) >= 11 is 6.27. The molecule has 166 valence electrons. The number of halogens is 1. The monoisotopic (exact) mass is 451 g/mol. The van der Waals surface area contributed by atoms with Crippen LogP contribution in [0.4, 0.5) is 5.82 Å². The molecule has 0 bridgehead atoms. The van der Waals surface area contributed by atoms with Crippen molar-refractivity contribution in [1.29, 1.82) is 5.26 Å². The number of aromatic nitrogens is 2. The van der Waals surface area contributed by atoms with Gasteiger partial charge in [0.05, 0.1) is 24.4 Å². The Hall–Kier alpha value is -2.92. The Bertz CT molecular complexity index is 1130. The van der Waals surface area contributed by atoms with E-state index in [4.69, 9.17) is 16.3 Å². The highest BCUT2D eigenvalue weighted by Crippen LogP contribution is 2.35. The SMILES string of the molecule is COc1ccc(CNC2(CCO)CCN(c3nncc4ccccc34)C(C#N)C2)cc1Cl. The lowest BCUT2D eigenvalue weighted by atomic mass is 9.80. The molecule has 1 fully saturated rings. The minimum atomic E-state index is -0.387. The first kappa shape index (κ1) is 22.3. The van der Waals surface area contributed by atoms with Gasteiger partial charge in [-0.25, -0.2) is 0 Å². The molecular weight excluding hydrogens is 426 g/mol. The highest BCUT2D eigenvalue weighted by Gasteiger charge is 2.40. The van der Waals surface area contributed by atoms with E-state index in [9.17, 15) is 10.4 Å². The van der Waals surface area contributed by atoms with Gasteiger partial charge in [0, 0.05) is 36.0 Å². The van der Waals surface area contributed by atoms with E-state index in [1.165, 1.54) is 0 Å². The zero-order chi connectivity index (χ0) is 22.6. The lowest BCUT2D eigenvalue weighted by Gasteiger charge is -2.45. The Morgan fingerprint density at radius 2 is 2.19 bits per heavy atom. The normalized spacial score (nSPS) is 20.8. The number of nitrogens with one attached hydrogen (secondary N) is 1. The summed E-state index contributed by atoms with van der Waals surface area (Å²) in [6.07, 6.45) is 3.63. The first-order chi connectivity index (χ1) is 15.6. The fourth-order valence-corrected chi connectivity index (χ4v) is 4.75. The van der Waals surface area contributed by atoms with Crippen molar-refractivity contribution < 1.29 is 9.84 Å². The zero-order valence-corrected chi connectivity index (χ0v) is 18.7. The van der Waals surface area contributed by atoms with Gasteiger partial charge in [0.2, 0.25) is 0 Å². The van der Waals surface area contributed by atoms with Gasteiger partial charge in [0.15, 0.2) is 5.82 Å². The summed E-state index contributed by atoms with van der Waals surface area (Å²) in [4.78, 5) is 2.04. The summed E-state index contributed by atoms with van der Waals surface area (Å²) < 4.78 is 5.23. The molecule has 2 N–H and O–H groups in total. The molecule has 1 aromatic heterocycles. The molecule has 32 heavy (non-hydrogen) atoms. The minimum Gasteiger partial charge on any atom is -0.495 e. The van der Waals surface area contributed by atoms with Gasteiger partial charge >= 0.3 is 0 Å². The third kappa shape index (κ3) is 4.49. The standard InChI is InChI=1S/C24H26ClN5O2/c1-32-22-7-6-17(12-21(22)25)15-27-24(9-11-31)8-10-30(19(13-24)14-26)23-20-5-3-2-4-18(20)16-28-29-23/h2-7,12,16,19,27,31H,8-11,13,15H2,1H3. The number of piperidine rings is 1. The van der Waals surface area contributed by atoms with E-state index < -0.39 is 0 Å². The van der Waals surface area contributed by atoms with Gasteiger partial charge in [-0.3, -0.25) is 0 Å². The second-order valence-corrected chi connectivity index (χ2v) is 8.53. The molecule has 0 amide bonds. The number of benzene rings is 2. The average molecular weight is 452 g/mol. The summed E-state index contributed by atoms with van der Waals surface area (Å²) in [7, 11) is 1.59. The smallest absolute Gasteiger partial charge is 0.160 e. The fourth-order valence-electron chi connectivity index (χ4n) is 4.47. The van der Waals surface area contributed by atoms with Crippen molar-refractivity contribution in [3.05, 3.63) is 59.2 Å². The van der Waals surface area contributed by atoms with E-state index in [1.54, 1.807) is 13.3 Å². The maximum absolute atomic E-state index is 10.0. The van der Waals surface area contributed by atoms with Crippen LogP contribution in [0.2, 0.25) is 5.02 Å². The average Bonchev–Trinajstić information content (AvgIpc) is 2.83. The summed E-state index contributed by atoms with van der Waals surface area (Å²) in [5.74, 6) is 1.36. The van der Waals surface area contributed by atoms with E-state index in [2.05, 4.69) is 21.6 Å². The summed E-state index contributed by atoms with van der Waals surface area (Å²) in [6, 6.07) is 15.7. The van der Waals surface area contributed by atoms with Crippen molar-refractivity contribution in [3.63, 3.8) is 0 Å². The Kier molecular flexibility index (Phi) is 6.75. The first-order valence-electron chi connectivity index (χ1n) is 10.6. The van der Waals surface area contributed by atoms with E-state index in [0.717, 1.165) is 28.6 Å². The van der Waals surface area contributed by atoms with Crippen molar-refractivity contribution in [1.82, 2.24) is 15.5 Å². The lowest BCUT2D eigenvalue weighted by molar-refractivity contribution is 0.169. The number of methoxy groups -OCH3 is 1. The Morgan fingerprint density at radius 3 is 2.94 bits per heavy atom. The Balaban J connectivity index is 1.55. The Labute approximate surface area is 192 Å². The predicted octanol–water partition coefficient (Wildman–Crippen LogP) is 3.70. The van der Waals surface area contributed by atoms with Crippen LogP contribution in [0.1, 0.15) is 24.8 Å². The molecule has 2 unspecified atom stereocenters. The van der Waals surface area contributed by atoms with Crippen LogP contribution < -0.4 is 15.0 Å². The number of aliphatic hydroxyl groups excluding tert-OH is 1. The molecule has 1 aliphatic heterocycles. The molecule has 3 aromatic rings. The molecule has 0 saturated carbocycles. The van der Waals surface area contributed by atoms with Crippen LogP contribution in [0.3, 0.4) is 0 Å². The number of nitriles is 1. The minimum absolute atomic E-state index is 0.0442. The number of fused-ring (bicyclic) bond motifs is 1. The van der Waals surface area contributed by atoms with Crippen molar-refractivity contribution in [2.24, 2.45) is 0 Å². The Morgan fingerprint density at radius 1 is 1.34 bits per heavy atom. The van der Waals surface area contributed by atoms with Crippen molar-refractivity contribution in [3.8, 4) is 11.8 Å². The number of aliphatic hydroxyl groups is 1. The van der Waals surface area contributed by atoms with Crippen LogP contribution >= 0.6 is 11.6 Å². The molecule has 4 rings (SSSR count). The van der Waals surface area contributed by atoms with Crippen LogP contribution in [0.25, 0.3) is 10.8 Å². The molecule has 8 heteroatoms. The second kappa shape index (κ2) is 9.70. The molecule has 0 spiro atoms. The van der Waals surface area contributed by atoms with Gasteiger partial charge in [-0.05, 0) is 37.0 Å². The molecule has 2 aromatic carbocycles. The predicted molar refractivity (Wildman–Crippen MR) is 125 cm³/mol. The molecule has 2 heterocycles. The van der Waals surface area contributed by atoms with Crippen molar-refractivity contribution in [2.75, 3.05) is 25.2 Å². The molecule has 7 nitrogen and oxygen atoms in total. The maximum atomic E-state index is 10.0. The second-order valence-electron chi connectivity index (χ2n) is 8.12. The molecule has 1 saturated heterocycles. The zero-order valence-electron chi connectivity index (χ0n) is 18.0. The summed E-state index contributed by atoms with van der Waals surface area (Å²) in [5, 5.41) is 34.5. The lowest BCUT2D eigenvalue weighted by Crippen LogP contribution is -2.57.